The molecule has 0 saturated carbocycles. The third-order valence-electron chi connectivity index (χ3n) is 3.51. The minimum atomic E-state index is 1.08. The minimum absolute atomic E-state index is 1.08. The largest absolute Gasteiger partial charge is 0.383 e. The molecule has 21 heavy (non-hydrogen) atoms. The maximum atomic E-state index is 4.12. The van der Waals surface area contributed by atoms with E-state index < -0.39 is 0 Å². The Morgan fingerprint density at radius 1 is 1.19 bits per heavy atom. The lowest BCUT2D eigenvalue weighted by molar-refractivity contribution is 0.554. The molecule has 0 aliphatic rings. The Balaban J connectivity index is 3.12. The van der Waals surface area contributed by atoms with Gasteiger partial charge in [-0.2, -0.15) is 0 Å². The normalized spacial score (nSPS) is 13.6. The third kappa shape index (κ3) is 6.03. The molecule has 1 rings (SSSR count). The number of hydrogen-bond donors (Lipinski definition) is 0. The van der Waals surface area contributed by atoms with Gasteiger partial charge >= 0.3 is 0 Å². The van der Waals surface area contributed by atoms with Crippen molar-refractivity contribution in [3.8, 4) is 0 Å². The predicted octanol–water partition coefficient (Wildman–Crippen LogP) is 3.85. The molecule has 0 fully saturated rings. The van der Waals surface area contributed by atoms with Crippen LogP contribution < -0.4 is 10.4 Å². The zero-order chi connectivity index (χ0) is 15.7. The van der Waals surface area contributed by atoms with E-state index in [1.807, 2.05) is 6.07 Å². The van der Waals surface area contributed by atoms with Crippen LogP contribution in [-0.2, 0) is 0 Å². The van der Waals surface area contributed by atoms with Crippen molar-refractivity contribution in [1.82, 2.24) is 4.90 Å². The molecule has 0 heterocycles. The smallest absolute Gasteiger partial charge is 0.00557 e. The highest BCUT2D eigenvalue weighted by Gasteiger charge is 2.03. The van der Waals surface area contributed by atoms with Crippen LogP contribution >= 0.6 is 0 Å². The van der Waals surface area contributed by atoms with Crippen LogP contribution in [0.25, 0.3) is 12.7 Å². The number of hydrogen-bond acceptors (Lipinski definition) is 1. The lowest BCUT2D eigenvalue weighted by atomic mass is 9.98. The third-order valence-corrected chi connectivity index (χ3v) is 3.51. The molecule has 0 aliphatic heterocycles. The number of rotatable bonds is 7. The van der Waals surface area contributed by atoms with Gasteiger partial charge in [0.15, 0.2) is 0 Å². The molecular weight excluding hydrogens is 254 g/mol. The molecule has 0 atom stereocenters. The first-order valence-corrected chi connectivity index (χ1v) is 7.88. The molecule has 1 nitrogen and oxygen atoms in total. The van der Waals surface area contributed by atoms with E-state index in [-0.39, 0.29) is 0 Å². The fourth-order valence-electron chi connectivity index (χ4n) is 2.36. The van der Waals surface area contributed by atoms with Crippen LogP contribution in [0.15, 0.2) is 47.7 Å². The highest BCUT2D eigenvalue weighted by Crippen LogP contribution is 2.19. The Bertz CT molecular complexity index is 591. The quantitative estimate of drug-likeness (QED) is 0.543. The maximum absolute atomic E-state index is 4.12. The molecule has 1 aromatic rings. The summed E-state index contributed by atoms with van der Waals surface area (Å²) < 4.78 is 0. The Hall–Kier alpha value is -1.76. The van der Waals surface area contributed by atoms with Crippen LogP contribution in [-0.4, -0.2) is 19.0 Å². The molecule has 1 heteroatoms. The van der Waals surface area contributed by atoms with Crippen LogP contribution in [0.2, 0.25) is 0 Å². The van der Waals surface area contributed by atoms with Gasteiger partial charge in [0.2, 0.25) is 0 Å². The first-order valence-electron chi connectivity index (χ1n) is 7.88. The molecule has 0 aromatic heterocycles. The predicted molar refractivity (Wildman–Crippen MR) is 95.3 cm³/mol. The molecular formula is C20H29N. The van der Waals surface area contributed by atoms with Crippen molar-refractivity contribution in [1.29, 1.82) is 0 Å². The van der Waals surface area contributed by atoms with Crippen molar-refractivity contribution in [2.24, 2.45) is 0 Å². The lowest BCUT2D eigenvalue weighted by Gasteiger charge is -2.13. The Morgan fingerprint density at radius 3 is 2.48 bits per heavy atom. The average Bonchev–Trinajstić information content (AvgIpc) is 2.45. The van der Waals surface area contributed by atoms with Gasteiger partial charge in [-0.15, -0.1) is 0 Å². The highest BCUT2D eigenvalue weighted by atomic mass is 15.0. The summed E-state index contributed by atoms with van der Waals surface area (Å²) in [5.41, 5.74) is 2.70. The van der Waals surface area contributed by atoms with Crippen molar-refractivity contribution in [3.05, 3.63) is 58.1 Å². The second-order valence-electron chi connectivity index (χ2n) is 5.66. The summed E-state index contributed by atoms with van der Waals surface area (Å²) in [4.78, 5) is 2.13. The van der Waals surface area contributed by atoms with Gasteiger partial charge in [-0.05, 0) is 47.4 Å². The second kappa shape index (κ2) is 9.23. The molecule has 0 spiro atoms. The Morgan fingerprint density at radius 2 is 1.90 bits per heavy atom. The van der Waals surface area contributed by atoms with Crippen molar-refractivity contribution in [3.63, 3.8) is 0 Å². The van der Waals surface area contributed by atoms with E-state index in [1.54, 1.807) is 0 Å². The summed E-state index contributed by atoms with van der Waals surface area (Å²) in [5, 5.41) is 2.28. The van der Waals surface area contributed by atoms with Crippen molar-refractivity contribution < 1.29 is 0 Å². The fraction of sp³-hybridized carbons (Fsp3) is 0.400. The Kier molecular flexibility index (Phi) is 7.60. The topological polar surface area (TPSA) is 3.24 Å². The average molecular weight is 283 g/mol. The summed E-state index contributed by atoms with van der Waals surface area (Å²) in [5.74, 6) is 0. The van der Waals surface area contributed by atoms with Crippen molar-refractivity contribution >= 4 is 12.7 Å². The summed E-state index contributed by atoms with van der Waals surface area (Å²) in [6.45, 7) is 8.47. The number of unbranched alkanes of at least 4 members (excludes halogenated alkanes) is 2. The standard InChI is InChI=1S/C20H29N/c1-6-8-9-14-20(16-21(4)5)18(7-2)15-19-13-11-10-12-17(19)3/h7,10-13,15-16H,3,6,8-9,14H2,1-2,4-5H3/b18-7?,19-15-,20-16+. The minimum Gasteiger partial charge on any atom is -0.383 e. The first-order chi connectivity index (χ1) is 10.1. The monoisotopic (exact) mass is 283 g/mol. The molecule has 114 valence electrons. The maximum Gasteiger partial charge on any atom is 0.00557 e. The zero-order valence-electron chi connectivity index (χ0n) is 14.0. The van der Waals surface area contributed by atoms with Gasteiger partial charge in [-0.3, -0.25) is 0 Å². The molecule has 0 amide bonds. The molecule has 1 aromatic carbocycles. The van der Waals surface area contributed by atoms with Crippen LogP contribution in [0.4, 0.5) is 0 Å². The second-order valence-corrected chi connectivity index (χ2v) is 5.66. The van der Waals surface area contributed by atoms with Gasteiger partial charge in [0.1, 0.15) is 0 Å². The molecule has 0 aliphatic carbocycles. The van der Waals surface area contributed by atoms with E-state index in [9.17, 15) is 0 Å². The molecule has 0 unspecified atom stereocenters. The van der Waals surface area contributed by atoms with E-state index in [0.717, 1.165) is 11.6 Å². The lowest BCUT2D eigenvalue weighted by Crippen LogP contribution is -2.22. The molecule has 0 N–H and O–H groups in total. The number of benzene rings is 1. The molecule has 0 saturated heterocycles. The van der Waals surface area contributed by atoms with Crippen molar-refractivity contribution in [2.75, 3.05) is 14.1 Å². The summed E-state index contributed by atoms with van der Waals surface area (Å²) in [6.07, 6.45) is 11.6. The molecule has 0 radical (unpaired) electrons. The molecule has 0 bridgehead atoms. The van der Waals surface area contributed by atoms with E-state index in [0.29, 0.717) is 0 Å². The van der Waals surface area contributed by atoms with E-state index in [1.165, 1.54) is 35.6 Å². The van der Waals surface area contributed by atoms with Gasteiger partial charge in [-0.1, -0.05) is 56.7 Å². The fourth-order valence-corrected chi connectivity index (χ4v) is 2.36. The summed E-state index contributed by atoms with van der Waals surface area (Å²) >= 11 is 0. The highest BCUT2D eigenvalue weighted by molar-refractivity contribution is 5.57. The van der Waals surface area contributed by atoms with Gasteiger partial charge in [0, 0.05) is 20.3 Å². The van der Waals surface area contributed by atoms with Crippen molar-refractivity contribution in [2.45, 2.75) is 39.5 Å². The first kappa shape index (κ1) is 17.3. The van der Waals surface area contributed by atoms with E-state index >= 15 is 0 Å². The van der Waals surface area contributed by atoms with E-state index in [4.69, 9.17) is 0 Å². The van der Waals surface area contributed by atoms with Gasteiger partial charge in [-0.25, -0.2) is 0 Å². The van der Waals surface area contributed by atoms with Crippen LogP contribution in [0.5, 0.6) is 0 Å². The Labute approximate surface area is 130 Å². The van der Waals surface area contributed by atoms with Gasteiger partial charge in [0.05, 0.1) is 0 Å². The summed E-state index contributed by atoms with van der Waals surface area (Å²) in [7, 11) is 4.17. The zero-order valence-corrected chi connectivity index (χ0v) is 14.0. The van der Waals surface area contributed by atoms with E-state index in [2.05, 4.69) is 76.0 Å². The van der Waals surface area contributed by atoms with Gasteiger partial charge in [0.25, 0.3) is 0 Å². The van der Waals surface area contributed by atoms with Crippen LogP contribution in [0.3, 0.4) is 0 Å². The van der Waals surface area contributed by atoms with Crippen LogP contribution in [0.1, 0.15) is 39.5 Å². The summed E-state index contributed by atoms with van der Waals surface area (Å²) in [6, 6.07) is 8.30. The van der Waals surface area contributed by atoms with Gasteiger partial charge < -0.3 is 4.90 Å². The number of nitrogens with zero attached hydrogens (tertiary/aromatic N) is 1. The van der Waals surface area contributed by atoms with Crippen LogP contribution in [0, 0.1) is 0 Å². The SMILES string of the molecule is C=c1cccc/c1=C/C(=CC)/C(=C/N(C)C)CCCCC. The number of allylic oxidation sites excluding steroid dienone is 3.